The molecular weight excluding hydrogens is 168 g/mol. The second-order valence-electron chi connectivity index (χ2n) is 3.20. The van der Waals surface area contributed by atoms with Crippen LogP contribution in [0.25, 0.3) is 0 Å². The van der Waals surface area contributed by atoms with E-state index in [1.807, 2.05) is 6.92 Å². The van der Waals surface area contributed by atoms with E-state index in [1.54, 1.807) is 24.0 Å². The lowest BCUT2D eigenvalue weighted by atomic mass is 10.1. The van der Waals surface area contributed by atoms with Crippen LogP contribution in [0.2, 0.25) is 0 Å². The van der Waals surface area contributed by atoms with Crippen LogP contribution in [-0.4, -0.2) is 25.9 Å². The monoisotopic (exact) mass is 184 g/mol. The lowest BCUT2D eigenvalue weighted by molar-refractivity contribution is 0.00639. The number of imidazole rings is 1. The van der Waals surface area contributed by atoms with Gasteiger partial charge in [-0.1, -0.05) is 13.3 Å². The summed E-state index contributed by atoms with van der Waals surface area (Å²) in [6.45, 7) is 1.97. The van der Waals surface area contributed by atoms with Crippen molar-refractivity contribution in [1.29, 1.82) is 0 Å². The van der Waals surface area contributed by atoms with Crippen LogP contribution in [0.15, 0.2) is 12.4 Å². The summed E-state index contributed by atoms with van der Waals surface area (Å²) < 4.78 is 1.71. The van der Waals surface area contributed by atoms with Gasteiger partial charge in [0, 0.05) is 19.4 Å². The third-order valence-corrected chi connectivity index (χ3v) is 2.07. The first-order valence-corrected chi connectivity index (χ1v) is 4.50. The predicted octanol–water partition coefficient (Wildman–Crippen LogP) is 0.614. The van der Waals surface area contributed by atoms with E-state index in [2.05, 4.69) is 4.98 Å². The van der Waals surface area contributed by atoms with Crippen LogP contribution in [0, 0.1) is 0 Å². The Morgan fingerprint density at radius 1 is 1.54 bits per heavy atom. The van der Waals surface area contributed by atoms with E-state index in [-0.39, 0.29) is 0 Å². The molecule has 0 radical (unpaired) electrons. The molecule has 2 N–H and O–H groups in total. The third-order valence-electron chi connectivity index (χ3n) is 2.07. The van der Waals surface area contributed by atoms with Crippen molar-refractivity contribution < 1.29 is 10.2 Å². The minimum absolute atomic E-state index is 0.515. The fourth-order valence-corrected chi connectivity index (χ4v) is 1.29. The summed E-state index contributed by atoms with van der Waals surface area (Å²) in [4.78, 5) is 3.97. The summed E-state index contributed by atoms with van der Waals surface area (Å²) in [5, 5.41) is 19.2. The van der Waals surface area contributed by atoms with Gasteiger partial charge < -0.3 is 14.8 Å². The van der Waals surface area contributed by atoms with Crippen LogP contribution in [0.3, 0.4) is 0 Å². The molecule has 13 heavy (non-hydrogen) atoms. The van der Waals surface area contributed by atoms with Crippen molar-refractivity contribution in [2.45, 2.75) is 32.0 Å². The highest BCUT2D eigenvalue weighted by molar-refractivity contribution is 4.97. The van der Waals surface area contributed by atoms with Crippen LogP contribution in [0.4, 0.5) is 0 Å². The first-order chi connectivity index (χ1) is 6.16. The van der Waals surface area contributed by atoms with Crippen molar-refractivity contribution in [2.24, 2.45) is 7.05 Å². The Hall–Kier alpha value is -0.870. The van der Waals surface area contributed by atoms with Gasteiger partial charge in [0.05, 0.1) is 6.10 Å². The molecule has 0 aliphatic carbocycles. The minimum Gasteiger partial charge on any atom is -0.390 e. The van der Waals surface area contributed by atoms with Crippen molar-refractivity contribution in [3.05, 3.63) is 18.2 Å². The normalized spacial score (nSPS) is 15.7. The molecule has 0 fully saturated rings. The van der Waals surface area contributed by atoms with E-state index in [1.165, 1.54) is 0 Å². The Morgan fingerprint density at radius 3 is 2.69 bits per heavy atom. The van der Waals surface area contributed by atoms with Crippen LogP contribution in [-0.2, 0) is 7.05 Å². The quantitative estimate of drug-likeness (QED) is 0.721. The first-order valence-electron chi connectivity index (χ1n) is 4.50. The molecule has 74 valence electrons. The summed E-state index contributed by atoms with van der Waals surface area (Å²) in [5.41, 5.74) is 0. The highest BCUT2D eigenvalue weighted by atomic mass is 16.3. The summed E-state index contributed by atoms with van der Waals surface area (Å²) in [5.74, 6) is 0.515. The zero-order valence-corrected chi connectivity index (χ0v) is 8.01. The van der Waals surface area contributed by atoms with Crippen molar-refractivity contribution >= 4 is 0 Å². The minimum atomic E-state index is -0.875. The van der Waals surface area contributed by atoms with E-state index >= 15 is 0 Å². The van der Waals surface area contributed by atoms with Gasteiger partial charge in [0.25, 0.3) is 0 Å². The van der Waals surface area contributed by atoms with Gasteiger partial charge in [0.1, 0.15) is 11.9 Å². The lowest BCUT2D eigenvalue weighted by Crippen LogP contribution is -2.20. The van der Waals surface area contributed by atoms with E-state index in [0.717, 1.165) is 6.42 Å². The van der Waals surface area contributed by atoms with E-state index in [0.29, 0.717) is 12.2 Å². The molecule has 1 rings (SSSR count). The number of aromatic nitrogens is 2. The van der Waals surface area contributed by atoms with E-state index < -0.39 is 12.2 Å². The number of aliphatic hydroxyl groups is 2. The Morgan fingerprint density at radius 2 is 2.23 bits per heavy atom. The van der Waals surface area contributed by atoms with Gasteiger partial charge in [-0.15, -0.1) is 0 Å². The second-order valence-corrected chi connectivity index (χ2v) is 3.20. The lowest BCUT2D eigenvalue weighted by Gasteiger charge is -2.16. The van der Waals surface area contributed by atoms with Gasteiger partial charge in [-0.05, 0) is 6.42 Å². The molecule has 1 aromatic heterocycles. The fourth-order valence-electron chi connectivity index (χ4n) is 1.29. The average molecular weight is 184 g/mol. The maximum atomic E-state index is 9.66. The molecular formula is C9H16N2O2. The molecule has 0 spiro atoms. The third kappa shape index (κ3) is 2.29. The van der Waals surface area contributed by atoms with Crippen LogP contribution in [0.1, 0.15) is 31.7 Å². The molecule has 2 atom stereocenters. The molecule has 0 aliphatic heterocycles. The largest absolute Gasteiger partial charge is 0.390 e. The molecule has 0 amide bonds. The molecule has 4 heteroatoms. The summed E-state index contributed by atoms with van der Waals surface area (Å²) in [7, 11) is 1.80. The number of hydrogen-bond acceptors (Lipinski definition) is 3. The first kappa shape index (κ1) is 10.2. The van der Waals surface area contributed by atoms with Crippen LogP contribution >= 0.6 is 0 Å². The highest BCUT2D eigenvalue weighted by Crippen LogP contribution is 2.17. The molecule has 0 saturated carbocycles. The Balaban J connectivity index is 2.67. The Kier molecular flexibility index (Phi) is 3.45. The number of rotatable bonds is 4. The molecule has 1 aromatic rings. The van der Waals surface area contributed by atoms with Gasteiger partial charge in [-0.3, -0.25) is 0 Å². The van der Waals surface area contributed by atoms with Crippen molar-refractivity contribution in [3.63, 3.8) is 0 Å². The highest BCUT2D eigenvalue weighted by Gasteiger charge is 2.20. The molecule has 0 aliphatic rings. The van der Waals surface area contributed by atoms with E-state index in [4.69, 9.17) is 0 Å². The Bertz CT molecular complexity index is 260. The standard InChI is InChI=1S/C9H16N2O2/c1-3-4-7(12)8(13)9-10-5-6-11(9)2/h5-8,12-13H,3-4H2,1-2H3. The molecule has 2 unspecified atom stereocenters. The summed E-state index contributed by atoms with van der Waals surface area (Å²) >= 11 is 0. The zero-order chi connectivity index (χ0) is 9.84. The number of aliphatic hydroxyl groups excluding tert-OH is 2. The van der Waals surface area contributed by atoms with Crippen molar-refractivity contribution in [2.75, 3.05) is 0 Å². The molecule has 0 aromatic carbocycles. The topological polar surface area (TPSA) is 58.3 Å². The Labute approximate surface area is 77.8 Å². The van der Waals surface area contributed by atoms with Gasteiger partial charge in [0.15, 0.2) is 0 Å². The van der Waals surface area contributed by atoms with Gasteiger partial charge in [-0.2, -0.15) is 0 Å². The summed E-state index contributed by atoms with van der Waals surface area (Å²) in [6, 6.07) is 0. The predicted molar refractivity (Wildman–Crippen MR) is 49.1 cm³/mol. The van der Waals surface area contributed by atoms with Gasteiger partial charge in [-0.25, -0.2) is 4.98 Å². The SMILES string of the molecule is CCCC(O)C(O)c1nccn1C. The number of hydrogen-bond donors (Lipinski definition) is 2. The maximum absolute atomic E-state index is 9.66. The second kappa shape index (κ2) is 4.39. The maximum Gasteiger partial charge on any atom is 0.140 e. The average Bonchev–Trinajstić information content (AvgIpc) is 2.50. The number of aryl methyl sites for hydroxylation is 1. The number of nitrogens with zero attached hydrogens (tertiary/aromatic N) is 2. The van der Waals surface area contributed by atoms with Gasteiger partial charge >= 0.3 is 0 Å². The zero-order valence-electron chi connectivity index (χ0n) is 8.01. The molecule has 4 nitrogen and oxygen atoms in total. The smallest absolute Gasteiger partial charge is 0.140 e. The van der Waals surface area contributed by atoms with Crippen LogP contribution < -0.4 is 0 Å². The van der Waals surface area contributed by atoms with Crippen molar-refractivity contribution in [3.8, 4) is 0 Å². The summed E-state index contributed by atoms with van der Waals surface area (Å²) in [6.07, 6.45) is 3.21. The van der Waals surface area contributed by atoms with E-state index in [9.17, 15) is 10.2 Å². The van der Waals surface area contributed by atoms with Crippen LogP contribution in [0.5, 0.6) is 0 Å². The fraction of sp³-hybridized carbons (Fsp3) is 0.667. The molecule has 1 heterocycles. The molecule has 0 bridgehead atoms. The van der Waals surface area contributed by atoms with Gasteiger partial charge in [0.2, 0.25) is 0 Å². The molecule has 0 saturated heterocycles. The van der Waals surface area contributed by atoms with Crippen molar-refractivity contribution in [1.82, 2.24) is 9.55 Å².